The number of ether oxygens (including phenoxy) is 1. The summed E-state index contributed by atoms with van der Waals surface area (Å²) in [5.74, 6) is 0.311. The molecule has 1 aliphatic carbocycles. The number of rotatable bonds is 5. The monoisotopic (exact) mass is 460 g/mol. The molecule has 2 heterocycles. The summed E-state index contributed by atoms with van der Waals surface area (Å²) in [6, 6.07) is 9.62. The number of aromatic nitrogens is 2. The first kappa shape index (κ1) is 20.8. The van der Waals surface area contributed by atoms with Crippen molar-refractivity contribution in [2.45, 2.75) is 32.7 Å². The predicted molar refractivity (Wildman–Crippen MR) is 125 cm³/mol. The van der Waals surface area contributed by atoms with E-state index in [4.69, 9.17) is 28.6 Å². The normalized spacial score (nSPS) is 12.5. The predicted octanol–water partition coefficient (Wildman–Crippen LogP) is 5.04. The number of hydrogen-bond donors (Lipinski definition) is 2. The van der Waals surface area contributed by atoms with Crippen molar-refractivity contribution in [3.8, 4) is 0 Å². The maximum absolute atomic E-state index is 12.3. The molecule has 0 saturated heterocycles. The molecule has 0 unspecified atom stereocenters. The Morgan fingerprint density at radius 3 is 2.80 bits per heavy atom. The minimum atomic E-state index is -0.331. The zero-order valence-electron chi connectivity index (χ0n) is 16.6. The van der Waals surface area contributed by atoms with Crippen LogP contribution in [0.5, 0.6) is 0 Å². The molecule has 1 aliphatic rings. The van der Waals surface area contributed by atoms with Crippen molar-refractivity contribution in [2.75, 3.05) is 17.7 Å². The number of methoxy groups -OCH3 is 1. The lowest BCUT2D eigenvalue weighted by molar-refractivity contribution is 0.0601. The topological polar surface area (TPSA) is 68.2 Å². The minimum Gasteiger partial charge on any atom is -0.465 e. The molecule has 0 amide bonds. The number of nitrogens with one attached hydrogen (secondary N) is 2. The van der Waals surface area contributed by atoms with E-state index >= 15 is 0 Å². The number of benzene rings is 1. The first-order valence-electron chi connectivity index (χ1n) is 9.54. The van der Waals surface area contributed by atoms with Crippen LogP contribution in [0.15, 0.2) is 30.3 Å². The molecule has 2 aromatic heterocycles. The standard InChI is InChI=1S/C21H21ClN4O2S2/c1-12-10-17(25-26(12)11-13-6-8-14(22)9-7-13)23-21(29)24-19-18(20(27)28-2)15-4-3-5-16(15)30-19/h6-10H,3-5,11H2,1-2H3,(H2,23,24,25,29). The Hall–Kier alpha value is -2.42. The quantitative estimate of drug-likeness (QED) is 0.410. The summed E-state index contributed by atoms with van der Waals surface area (Å²) in [6.07, 6.45) is 2.95. The van der Waals surface area contributed by atoms with Crippen LogP contribution in [0.1, 0.15) is 38.5 Å². The van der Waals surface area contributed by atoms with Gasteiger partial charge in [0.25, 0.3) is 0 Å². The number of carbonyl (C=O) groups is 1. The highest BCUT2D eigenvalue weighted by molar-refractivity contribution is 7.80. The van der Waals surface area contributed by atoms with Gasteiger partial charge in [-0.3, -0.25) is 4.68 Å². The maximum atomic E-state index is 12.3. The molecule has 2 N–H and O–H groups in total. The molecule has 4 rings (SSSR count). The summed E-state index contributed by atoms with van der Waals surface area (Å²) in [5, 5.41) is 12.7. The average molecular weight is 461 g/mol. The lowest BCUT2D eigenvalue weighted by Crippen LogP contribution is -2.20. The van der Waals surface area contributed by atoms with E-state index in [9.17, 15) is 4.79 Å². The van der Waals surface area contributed by atoms with E-state index < -0.39 is 0 Å². The van der Waals surface area contributed by atoms with Crippen molar-refractivity contribution in [1.29, 1.82) is 0 Å². The Kier molecular flexibility index (Phi) is 6.08. The molecular formula is C21H21ClN4O2S2. The van der Waals surface area contributed by atoms with E-state index in [1.165, 1.54) is 12.0 Å². The van der Waals surface area contributed by atoms with Gasteiger partial charge in [0, 0.05) is 21.7 Å². The number of halogens is 1. The van der Waals surface area contributed by atoms with Crippen LogP contribution in [-0.4, -0.2) is 28.0 Å². The number of nitrogens with zero attached hydrogens (tertiary/aromatic N) is 2. The SMILES string of the molecule is COC(=O)c1c(NC(=S)Nc2cc(C)n(Cc3ccc(Cl)cc3)n2)sc2c1CCC2. The summed E-state index contributed by atoms with van der Waals surface area (Å²) in [5.41, 5.74) is 3.79. The van der Waals surface area contributed by atoms with Crippen LogP contribution in [0.25, 0.3) is 0 Å². The van der Waals surface area contributed by atoms with Gasteiger partial charge in [0.15, 0.2) is 10.9 Å². The Balaban J connectivity index is 1.46. The van der Waals surface area contributed by atoms with Gasteiger partial charge in [0.05, 0.1) is 19.2 Å². The van der Waals surface area contributed by atoms with Gasteiger partial charge in [-0.05, 0) is 61.7 Å². The highest BCUT2D eigenvalue weighted by atomic mass is 35.5. The number of esters is 1. The van der Waals surface area contributed by atoms with Crippen LogP contribution in [0.2, 0.25) is 5.02 Å². The van der Waals surface area contributed by atoms with Gasteiger partial charge < -0.3 is 15.4 Å². The summed E-state index contributed by atoms with van der Waals surface area (Å²) >= 11 is 13.0. The summed E-state index contributed by atoms with van der Waals surface area (Å²) in [6.45, 7) is 2.62. The molecule has 30 heavy (non-hydrogen) atoms. The molecule has 6 nitrogen and oxygen atoms in total. The van der Waals surface area contributed by atoms with Crippen LogP contribution in [0.3, 0.4) is 0 Å². The zero-order chi connectivity index (χ0) is 21.3. The van der Waals surface area contributed by atoms with Gasteiger partial charge in [-0.25, -0.2) is 4.79 Å². The summed E-state index contributed by atoms with van der Waals surface area (Å²) in [4.78, 5) is 13.5. The third-order valence-electron chi connectivity index (χ3n) is 5.01. The Labute approximate surface area is 189 Å². The molecule has 0 spiro atoms. The molecule has 0 aliphatic heterocycles. The minimum absolute atomic E-state index is 0.331. The molecule has 156 valence electrons. The van der Waals surface area contributed by atoms with Crippen LogP contribution in [0.4, 0.5) is 10.8 Å². The van der Waals surface area contributed by atoms with Crippen molar-refractivity contribution in [1.82, 2.24) is 9.78 Å². The third kappa shape index (κ3) is 4.35. The van der Waals surface area contributed by atoms with Gasteiger partial charge in [0.2, 0.25) is 0 Å². The highest BCUT2D eigenvalue weighted by Gasteiger charge is 2.27. The van der Waals surface area contributed by atoms with Crippen LogP contribution in [-0.2, 0) is 24.1 Å². The second-order valence-corrected chi connectivity index (χ2v) is 9.04. The molecule has 1 aromatic carbocycles. The van der Waals surface area contributed by atoms with Crippen LogP contribution >= 0.6 is 35.2 Å². The molecule has 0 atom stereocenters. The Morgan fingerprint density at radius 1 is 1.30 bits per heavy atom. The smallest absolute Gasteiger partial charge is 0.341 e. The van der Waals surface area contributed by atoms with Gasteiger partial charge in [0.1, 0.15) is 5.00 Å². The average Bonchev–Trinajstić information content (AvgIpc) is 3.38. The van der Waals surface area contributed by atoms with Crippen molar-refractivity contribution in [3.63, 3.8) is 0 Å². The zero-order valence-corrected chi connectivity index (χ0v) is 19.0. The number of thiocarbonyl (C=S) groups is 1. The largest absolute Gasteiger partial charge is 0.465 e. The Morgan fingerprint density at radius 2 is 2.07 bits per heavy atom. The van der Waals surface area contributed by atoms with Gasteiger partial charge in [-0.2, -0.15) is 5.10 Å². The first-order valence-corrected chi connectivity index (χ1v) is 11.1. The molecule has 0 saturated carbocycles. The van der Waals surface area contributed by atoms with Crippen LogP contribution in [0, 0.1) is 6.92 Å². The summed E-state index contributed by atoms with van der Waals surface area (Å²) in [7, 11) is 1.40. The van der Waals surface area contributed by atoms with Crippen LogP contribution < -0.4 is 10.6 Å². The first-order chi connectivity index (χ1) is 14.4. The molecular weight excluding hydrogens is 440 g/mol. The number of fused-ring (bicyclic) bond motifs is 1. The number of anilines is 2. The number of carbonyl (C=O) groups excluding carboxylic acids is 1. The van der Waals surface area contributed by atoms with E-state index in [0.29, 0.717) is 28.1 Å². The van der Waals surface area contributed by atoms with Gasteiger partial charge >= 0.3 is 5.97 Å². The van der Waals surface area contributed by atoms with E-state index in [0.717, 1.165) is 41.1 Å². The third-order valence-corrected chi connectivity index (χ3v) is 6.67. The van der Waals surface area contributed by atoms with Crippen molar-refractivity contribution in [3.05, 3.63) is 62.6 Å². The van der Waals surface area contributed by atoms with Crippen molar-refractivity contribution in [2.24, 2.45) is 0 Å². The molecule has 0 radical (unpaired) electrons. The van der Waals surface area contributed by atoms with E-state index in [1.807, 2.05) is 41.9 Å². The number of aryl methyl sites for hydroxylation is 2. The maximum Gasteiger partial charge on any atom is 0.341 e. The fourth-order valence-electron chi connectivity index (χ4n) is 3.56. The lowest BCUT2D eigenvalue weighted by Gasteiger charge is -2.09. The van der Waals surface area contributed by atoms with Gasteiger partial charge in [-0.15, -0.1) is 11.3 Å². The molecule has 0 bridgehead atoms. The van der Waals surface area contributed by atoms with Gasteiger partial charge in [-0.1, -0.05) is 23.7 Å². The number of hydrogen-bond acceptors (Lipinski definition) is 5. The van der Waals surface area contributed by atoms with E-state index in [-0.39, 0.29) is 5.97 Å². The fraction of sp³-hybridized carbons (Fsp3) is 0.286. The summed E-state index contributed by atoms with van der Waals surface area (Å²) < 4.78 is 6.88. The number of thiophene rings is 1. The molecule has 0 fully saturated rings. The van der Waals surface area contributed by atoms with E-state index in [2.05, 4.69) is 15.7 Å². The second-order valence-electron chi connectivity index (χ2n) is 7.09. The molecule has 3 aromatic rings. The van der Waals surface area contributed by atoms with E-state index in [1.54, 1.807) is 11.3 Å². The highest BCUT2D eigenvalue weighted by Crippen LogP contribution is 2.39. The molecule has 9 heteroatoms. The van der Waals surface area contributed by atoms with Crippen molar-refractivity contribution >= 4 is 57.1 Å². The lowest BCUT2D eigenvalue weighted by atomic mass is 10.1. The van der Waals surface area contributed by atoms with Crippen molar-refractivity contribution < 1.29 is 9.53 Å². The second kappa shape index (κ2) is 8.75. The fourth-order valence-corrected chi connectivity index (χ4v) is 5.23. The Bertz CT molecular complexity index is 1110.